The lowest BCUT2D eigenvalue weighted by molar-refractivity contribution is -0.0701. The van der Waals surface area contributed by atoms with Crippen LogP contribution < -0.4 is 5.32 Å². The van der Waals surface area contributed by atoms with Gasteiger partial charge in [0.15, 0.2) is 0 Å². The summed E-state index contributed by atoms with van der Waals surface area (Å²) in [5.74, 6) is 0. The van der Waals surface area contributed by atoms with Crippen LogP contribution in [0.1, 0.15) is 19.0 Å². The van der Waals surface area contributed by atoms with Crippen molar-refractivity contribution < 1.29 is 9.53 Å². The van der Waals surface area contributed by atoms with Crippen molar-refractivity contribution in [1.82, 2.24) is 30.0 Å². The molecule has 0 radical (unpaired) electrons. The van der Waals surface area contributed by atoms with E-state index in [0.29, 0.717) is 26.2 Å². The fraction of sp³-hybridized carbons (Fsp3) is 0.421. The van der Waals surface area contributed by atoms with Gasteiger partial charge in [0, 0.05) is 42.9 Å². The van der Waals surface area contributed by atoms with Gasteiger partial charge in [0.05, 0.1) is 31.1 Å². The van der Waals surface area contributed by atoms with Crippen LogP contribution in [-0.4, -0.2) is 56.9 Å². The van der Waals surface area contributed by atoms with Crippen molar-refractivity contribution in [1.29, 1.82) is 0 Å². The number of urea groups is 1. The number of ether oxygens (including phenoxy) is 1. The summed E-state index contributed by atoms with van der Waals surface area (Å²) in [6, 6.07) is 6.16. The van der Waals surface area contributed by atoms with Crippen molar-refractivity contribution in [2.75, 3.05) is 26.2 Å². The third-order valence-electron chi connectivity index (χ3n) is 5.47. The molecule has 5 heterocycles. The molecule has 1 fully saturated rings. The quantitative estimate of drug-likeness (QED) is 0.727. The van der Waals surface area contributed by atoms with Crippen molar-refractivity contribution in [3.8, 4) is 11.3 Å². The summed E-state index contributed by atoms with van der Waals surface area (Å²) in [5.41, 5.74) is 3.32. The normalized spacial score (nSPS) is 21.7. The fourth-order valence-electron chi connectivity index (χ4n) is 4.12. The lowest BCUT2D eigenvalue weighted by Crippen LogP contribution is -2.44. The van der Waals surface area contributed by atoms with Gasteiger partial charge in [-0.15, -0.1) is 0 Å². The molecule has 8 heteroatoms. The van der Waals surface area contributed by atoms with Crippen LogP contribution in [0.15, 0.2) is 30.6 Å². The SMILES string of the molecule is CCNC(=O)N1CCC2(C1)OCCn1nc(-c3cnc4[nH]ccc4c3)cc12. The molecule has 2 aliphatic heterocycles. The molecule has 0 aromatic carbocycles. The first-order valence-corrected chi connectivity index (χ1v) is 9.37. The van der Waals surface area contributed by atoms with E-state index in [-0.39, 0.29) is 6.03 Å². The number of aromatic nitrogens is 4. The molecule has 8 nitrogen and oxygen atoms in total. The number of amides is 2. The maximum atomic E-state index is 12.2. The Hall–Kier alpha value is -2.87. The van der Waals surface area contributed by atoms with Gasteiger partial charge in [0.2, 0.25) is 0 Å². The smallest absolute Gasteiger partial charge is 0.317 e. The summed E-state index contributed by atoms with van der Waals surface area (Å²) in [5, 5.41) is 8.74. The number of nitrogens with zero attached hydrogens (tertiary/aromatic N) is 4. The van der Waals surface area contributed by atoms with E-state index in [1.165, 1.54) is 0 Å². The number of carbonyl (C=O) groups excluding carboxylic acids is 1. The fourth-order valence-corrected chi connectivity index (χ4v) is 4.12. The number of likely N-dealkylation sites (tertiary alicyclic amines) is 1. The highest BCUT2D eigenvalue weighted by molar-refractivity contribution is 5.80. The van der Waals surface area contributed by atoms with Crippen LogP contribution in [0.4, 0.5) is 4.79 Å². The van der Waals surface area contributed by atoms with Crippen molar-refractivity contribution in [3.05, 3.63) is 36.3 Å². The summed E-state index contributed by atoms with van der Waals surface area (Å²) in [7, 11) is 0. The molecule has 2 aliphatic rings. The molecule has 2 N–H and O–H groups in total. The van der Waals surface area contributed by atoms with Gasteiger partial charge in [-0.1, -0.05) is 0 Å². The third-order valence-corrected chi connectivity index (χ3v) is 5.47. The third kappa shape index (κ3) is 2.59. The van der Waals surface area contributed by atoms with Gasteiger partial charge in [-0.3, -0.25) is 4.68 Å². The average molecular weight is 366 g/mol. The Bertz CT molecular complexity index is 1010. The lowest BCUT2D eigenvalue weighted by atomic mass is 9.96. The molecule has 0 bridgehead atoms. The summed E-state index contributed by atoms with van der Waals surface area (Å²) in [6.45, 7) is 5.12. The van der Waals surface area contributed by atoms with Crippen LogP contribution in [0, 0.1) is 0 Å². The molecule has 0 saturated carbocycles. The summed E-state index contributed by atoms with van der Waals surface area (Å²) in [4.78, 5) is 21.7. The number of hydrogen-bond donors (Lipinski definition) is 2. The monoisotopic (exact) mass is 366 g/mol. The van der Waals surface area contributed by atoms with E-state index >= 15 is 0 Å². The molecule has 3 aromatic rings. The zero-order chi connectivity index (χ0) is 18.4. The van der Waals surface area contributed by atoms with Crippen molar-refractivity contribution in [2.24, 2.45) is 0 Å². The van der Waals surface area contributed by atoms with Gasteiger partial charge in [0.1, 0.15) is 11.2 Å². The number of nitrogens with one attached hydrogen (secondary N) is 2. The molecule has 5 rings (SSSR count). The van der Waals surface area contributed by atoms with Crippen molar-refractivity contribution in [3.63, 3.8) is 0 Å². The minimum Gasteiger partial charge on any atom is -0.365 e. The molecule has 27 heavy (non-hydrogen) atoms. The van der Waals surface area contributed by atoms with Crippen LogP contribution in [-0.2, 0) is 16.9 Å². The van der Waals surface area contributed by atoms with Gasteiger partial charge >= 0.3 is 6.03 Å². The predicted octanol–water partition coefficient (Wildman–Crippen LogP) is 2.09. The Kier molecular flexibility index (Phi) is 3.68. The average Bonchev–Trinajstić information content (AvgIpc) is 3.40. The van der Waals surface area contributed by atoms with Gasteiger partial charge in [0.25, 0.3) is 0 Å². The first-order chi connectivity index (χ1) is 13.2. The van der Waals surface area contributed by atoms with E-state index in [2.05, 4.69) is 27.4 Å². The second-order valence-corrected chi connectivity index (χ2v) is 7.13. The molecule has 0 aliphatic carbocycles. The van der Waals surface area contributed by atoms with E-state index in [0.717, 1.165) is 41.0 Å². The van der Waals surface area contributed by atoms with E-state index in [1.807, 2.05) is 35.0 Å². The molecule has 1 unspecified atom stereocenters. The van der Waals surface area contributed by atoms with Crippen LogP contribution in [0.3, 0.4) is 0 Å². The number of aromatic amines is 1. The van der Waals surface area contributed by atoms with Crippen LogP contribution in [0.2, 0.25) is 0 Å². The summed E-state index contributed by atoms with van der Waals surface area (Å²) < 4.78 is 8.24. The highest BCUT2D eigenvalue weighted by atomic mass is 16.5. The molecule has 1 saturated heterocycles. The molecule has 1 spiro atoms. The number of fused-ring (bicyclic) bond motifs is 3. The molecule has 2 amide bonds. The van der Waals surface area contributed by atoms with E-state index in [4.69, 9.17) is 9.84 Å². The van der Waals surface area contributed by atoms with Crippen LogP contribution in [0.5, 0.6) is 0 Å². The lowest BCUT2D eigenvalue weighted by Gasteiger charge is -2.34. The highest BCUT2D eigenvalue weighted by Crippen LogP contribution is 2.39. The zero-order valence-corrected chi connectivity index (χ0v) is 15.2. The Balaban J connectivity index is 1.49. The Morgan fingerprint density at radius 2 is 2.33 bits per heavy atom. The number of hydrogen-bond acceptors (Lipinski definition) is 4. The second kappa shape index (κ2) is 6.09. The van der Waals surface area contributed by atoms with Crippen LogP contribution >= 0.6 is 0 Å². The largest absolute Gasteiger partial charge is 0.365 e. The van der Waals surface area contributed by atoms with Gasteiger partial charge in [-0.05, 0) is 25.1 Å². The van der Waals surface area contributed by atoms with E-state index in [9.17, 15) is 4.79 Å². The van der Waals surface area contributed by atoms with Gasteiger partial charge < -0.3 is 19.9 Å². The standard InChI is InChI=1S/C19H22N6O2/c1-2-20-18(26)24-6-4-19(12-24)16-10-15(23-25(16)7-8-27-19)14-9-13-3-5-21-17(13)22-11-14/h3,5,9-11H,2,4,6-8,12H2,1H3,(H,20,26)(H,21,22). The van der Waals surface area contributed by atoms with Crippen LogP contribution in [0.25, 0.3) is 22.3 Å². The molecule has 3 aromatic heterocycles. The van der Waals surface area contributed by atoms with Crippen molar-refractivity contribution in [2.45, 2.75) is 25.5 Å². The Labute approximate surface area is 156 Å². The molecule has 140 valence electrons. The first-order valence-electron chi connectivity index (χ1n) is 9.37. The predicted molar refractivity (Wildman–Crippen MR) is 100 cm³/mol. The highest BCUT2D eigenvalue weighted by Gasteiger charge is 2.46. The molecule has 1 atom stereocenters. The maximum absolute atomic E-state index is 12.2. The Morgan fingerprint density at radius 1 is 1.41 bits per heavy atom. The van der Waals surface area contributed by atoms with Gasteiger partial charge in [-0.2, -0.15) is 5.10 Å². The van der Waals surface area contributed by atoms with E-state index in [1.54, 1.807) is 0 Å². The topological polar surface area (TPSA) is 88.1 Å². The molecular weight excluding hydrogens is 344 g/mol. The molecular formula is C19H22N6O2. The van der Waals surface area contributed by atoms with E-state index < -0.39 is 5.60 Å². The van der Waals surface area contributed by atoms with Crippen molar-refractivity contribution >= 4 is 17.1 Å². The van der Waals surface area contributed by atoms with Gasteiger partial charge in [-0.25, -0.2) is 9.78 Å². The zero-order valence-electron chi connectivity index (χ0n) is 15.2. The summed E-state index contributed by atoms with van der Waals surface area (Å²) in [6.07, 6.45) is 4.51. The number of rotatable bonds is 2. The number of carbonyl (C=O) groups is 1. The number of pyridine rings is 1. The maximum Gasteiger partial charge on any atom is 0.317 e. The minimum atomic E-state index is -0.472. The Morgan fingerprint density at radius 3 is 3.22 bits per heavy atom. The number of H-pyrrole nitrogens is 1. The second-order valence-electron chi connectivity index (χ2n) is 7.13. The first kappa shape index (κ1) is 16.3. The minimum absolute atomic E-state index is 0.0306. The summed E-state index contributed by atoms with van der Waals surface area (Å²) >= 11 is 0.